The number of methoxy groups -OCH3 is 3. The van der Waals surface area contributed by atoms with E-state index in [-0.39, 0.29) is 34.9 Å². The summed E-state index contributed by atoms with van der Waals surface area (Å²) in [7, 11) is 4.53. The van der Waals surface area contributed by atoms with Crippen molar-refractivity contribution in [2.24, 2.45) is 23.7 Å². The Balaban J connectivity index is 1.47. The van der Waals surface area contributed by atoms with Crippen LogP contribution in [-0.2, 0) is 14.3 Å². The number of amides is 2. The first-order valence-corrected chi connectivity index (χ1v) is 12.7. The maximum atomic E-state index is 13.9. The third-order valence-electron chi connectivity index (χ3n) is 8.01. The van der Waals surface area contributed by atoms with E-state index in [1.54, 1.807) is 38.5 Å². The third kappa shape index (κ3) is 3.76. The van der Waals surface area contributed by atoms with Crippen LogP contribution >= 0.6 is 0 Å². The molecule has 2 amide bonds. The molecule has 4 unspecified atom stereocenters. The van der Waals surface area contributed by atoms with Crippen LogP contribution in [0.15, 0.2) is 90.5 Å². The molecule has 2 bridgehead atoms. The quantitative estimate of drug-likeness (QED) is 0.260. The number of carbonyl (C=O) groups excluding carboxylic acids is 3. The topological polar surface area (TPSA) is 82.1 Å². The molecule has 1 saturated heterocycles. The zero-order valence-electron chi connectivity index (χ0n) is 21.8. The molecule has 0 spiro atoms. The van der Waals surface area contributed by atoms with Crippen LogP contribution in [0.2, 0.25) is 0 Å². The van der Waals surface area contributed by atoms with Gasteiger partial charge in [-0.3, -0.25) is 9.59 Å². The number of hydrogen-bond acceptors (Lipinski definition) is 6. The summed E-state index contributed by atoms with van der Waals surface area (Å²) in [4.78, 5) is 41.5. The van der Waals surface area contributed by atoms with E-state index in [2.05, 4.69) is 12.2 Å². The van der Waals surface area contributed by atoms with Gasteiger partial charge in [-0.15, -0.1) is 0 Å². The Bertz CT molecular complexity index is 1450. The minimum absolute atomic E-state index is 0.190. The van der Waals surface area contributed by atoms with Gasteiger partial charge in [0.2, 0.25) is 11.8 Å². The van der Waals surface area contributed by atoms with Crippen molar-refractivity contribution in [1.29, 1.82) is 0 Å². The summed E-state index contributed by atoms with van der Waals surface area (Å²) in [6.45, 7) is 0. The lowest BCUT2D eigenvalue weighted by molar-refractivity contribution is -0.122. The molecular formula is C32H27NO6. The minimum Gasteiger partial charge on any atom is -0.497 e. The van der Waals surface area contributed by atoms with Crippen molar-refractivity contribution in [3.8, 4) is 11.5 Å². The number of hydrogen-bond donors (Lipinski definition) is 0. The van der Waals surface area contributed by atoms with Crippen LogP contribution in [0, 0.1) is 23.7 Å². The molecule has 7 nitrogen and oxygen atoms in total. The number of benzene rings is 3. The summed E-state index contributed by atoms with van der Waals surface area (Å²) in [5.41, 5.74) is 4.46. The van der Waals surface area contributed by atoms with Crippen molar-refractivity contribution in [3.05, 3.63) is 107 Å². The number of nitrogens with zero attached hydrogens (tertiary/aromatic N) is 1. The Morgan fingerprint density at radius 3 is 1.64 bits per heavy atom. The van der Waals surface area contributed by atoms with Crippen LogP contribution in [0.4, 0.5) is 5.69 Å². The van der Waals surface area contributed by atoms with Gasteiger partial charge in [-0.2, -0.15) is 0 Å². The number of fused-ring (bicyclic) bond motifs is 5. The molecule has 1 saturated carbocycles. The molecule has 2 fully saturated rings. The summed E-state index contributed by atoms with van der Waals surface area (Å²) in [5, 5.41) is 0. The first kappa shape index (κ1) is 24.7. The average Bonchev–Trinajstić information content (AvgIpc) is 3.62. The molecule has 0 aromatic heterocycles. The zero-order chi connectivity index (χ0) is 27.3. The Labute approximate surface area is 226 Å². The van der Waals surface area contributed by atoms with Gasteiger partial charge in [0.1, 0.15) is 11.5 Å². The van der Waals surface area contributed by atoms with Crippen molar-refractivity contribution in [1.82, 2.24) is 0 Å². The Morgan fingerprint density at radius 2 is 1.18 bits per heavy atom. The van der Waals surface area contributed by atoms with Crippen molar-refractivity contribution in [2.75, 3.05) is 26.2 Å². The predicted octanol–water partition coefficient (Wildman–Crippen LogP) is 4.91. The van der Waals surface area contributed by atoms with E-state index in [1.165, 1.54) is 12.0 Å². The highest BCUT2D eigenvalue weighted by Gasteiger charge is 2.62. The molecule has 2 aliphatic carbocycles. The monoisotopic (exact) mass is 521 g/mol. The Morgan fingerprint density at radius 1 is 0.692 bits per heavy atom. The van der Waals surface area contributed by atoms with E-state index in [0.717, 1.165) is 33.8 Å². The van der Waals surface area contributed by atoms with Gasteiger partial charge in [-0.25, -0.2) is 9.69 Å². The highest BCUT2D eigenvalue weighted by molar-refractivity contribution is 6.25. The van der Waals surface area contributed by atoms with E-state index in [0.29, 0.717) is 0 Å². The molecule has 4 atom stereocenters. The van der Waals surface area contributed by atoms with Crippen LogP contribution in [0.25, 0.3) is 5.57 Å². The number of para-hydroxylation sites is 1. The molecule has 7 heteroatoms. The van der Waals surface area contributed by atoms with Gasteiger partial charge in [0, 0.05) is 11.8 Å². The fourth-order valence-electron chi connectivity index (χ4n) is 6.30. The second kappa shape index (κ2) is 9.58. The number of imide groups is 1. The molecule has 3 aromatic rings. The number of carbonyl (C=O) groups is 3. The molecule has 6 rings (SSSR count). The highest BCUT2D eigenvalue weighted by atomic mass is 16.5. The largest absolute Gasteiger partial charge is 0.497 e. The van der Waals surface area contributed by atoms with Gasteiger partial charge in [0.15, 0.2) is 0 Å². The molecule has 0 radical (unpaired) electrons. The summed E-state index contributed by atoms with van der Waals surface area (Å²) in [6.07, 6.45) is 4.10. The average molecular weight is 522 g/mol. The van der Waals surface area contributed by atoms with Crippen molar-refractivity contribution in [2.45, 2.75) is 0 Å². The van der Waals surface area contributed by atoms with E-state index < -0.39 is 17.8 Å². The van der Waals surface area contributed by atoms with Crippen LogP contribution in [0.3, 0.4) is 0 Å². The Kier molecular flexibility index (Phi) is 6.06. The maximum absolute atomic E-state index is 13.9. The maximum Gasteiger partial charge on any atom is 0.339 e. The summed E-state index contributed by atoms with van der Waals surface area (Å²) in [5.74, 6) is -1.26. The van der Waals surface area contributed by atoms with Crippen molar-refractivity contribution in [3.63, 3.8) is 0 Å². The molecule has 1 aliphatic heterocycles. The van der Waals surface area contributed by atoms with Gasteiger partial charge in [-0.1, -0.05) is 48.6 Å². The molecule has 39 heavy (non-hydrogen) atoms. The molecule has 3 aromatic carbocycles. The summed E-state index contributed by atoms with van der Waals surface area (Å²) < 4.78 is 15.6. The second-order valence-electron chi connectivity index (χ2n) is 9.80. The second-order valence-corrected chi connectivity index (χ2v) is 9.80. The smallest absolute Gasteiger partial charge is 0.339 e. The van der Waals surface area contributed by atoms with Gasteiger partial charge < -0.3 is 14.2 Å². The SMILES string of the molecule is COC(=O)c1ccccc1N1C(=O)C2C3C=CC(C3=C(c3ccc(OC)cc3)c3ccc(OC)cc3)C2C1=O. The highest BCUT2D eigenvalue weighted by Crippen LogP contribution is 2.59. The lowest BCUT2D eigenvalue weighted by Gasteiger charge is -2.23. The summed E-state index contributed by atoms with van der Waals surface area (Å²) >= 11 is 0. The van der Waals surface area contributed by atoms with E-state index >= 15 is 0 Å². The number of rotatable bonds is 6. The fraction of sp³-hybridized carbons (Fsp3) is 0.219. The molecule has 0 N–H and O–H groups in total. The summed E-state index contributed by atoms with van der Waals surface area (Å²) in [6, 6.07) is 22.2. The van der Waals surface area contributed by atoms with Crippen LogP contribution in [0.5, 0.6) is 11.5 Å². The van der Waals surface area contributed by atoms with Crippen LogP contribution in [0.1, 0.15) is 21.5 Å². The van der Waals surface area contributed by atoms with Crippen LogP contribution in [-0.4, -0.2) is 39.1 Å². The third-order valence-corrected chi connectivity index (χ3v) is 8.01. The zero-order valence-corrected chi connectivity index (χ0v) is 21.8. The van der Waals surface area contributed by atoms with Crippen LogP contribution < -0.4 is 14.4 Å². The number of anilines is 1. The van der Waals surface area contributed by atoms with E-state index in [4.69, 9.17) is 14.2 Å². The number of esters is 1. The van der Waals surface area contributed by atoms with Gasteiger partial charge >= 0.3 is 5.97 Å². The Hall–Kier alpha value is -4.65. The molecule has 1 heterocycles. The van der Waals surface area contributed by atoms with Gasteiger partial charge in [0.05, 0.1) is 44.4 Å². The standard InChI is InChI=1S/C32H27NO6/c1-37-20-12-8-18(9-13-20)26(19-10-14-21(38-2)15-11-19)27-23-16-17-24(27)29-28(23)30(34)33(31(29)35)25-7-5-4-6-22(25)32(36)39-3/h4-17,23-24,28-29H,1-3H3. The lowest BCUT2D eigenvalue weighted by Crippen LogP contribution is -2.34. The number of ether oxygens (including phenoxy) is 3. The van der Waals surface area contributed by atoms with E-state index in [9.17, 15) is 14.4 Å². The minimum atomic E-state index is -0.591. The first-order chi connectivity index (χ1) is 19.0. The van der Waals surface area contributed by atoms with Gasteiger partial charge in [-0.05, 0) is 58.7 Å². The molecule has 3 aliphatic rings. The first-order valence-electron chi connectivity index (χ1n) is 12.7. The van der Waals surface area contributed by atoms with Crippen molar-refractivity contribution < 1.29 is 28.6 Å². The number of allylic oxidation sites excluding steroid dienone is 3. The lowest BCUT2D eigenvalue weighted by atomic mass is 9.85. The fourth-order valence-corrected chi connectivity index (χ4v) is 6.30. The van der Waals surface area contributed by atoms with Gasteiger partial charge in [0.25, 0.3) is 0 Å². The van der Waals surface area contributed by atoms with E-state index in [1.807, 2.05) is 48.5 Å². The van der Waals surface area contributed by atoms with Crippen molar-refractivity contribution >= 4 is 29.0 Å². The predicted molar refractivity (Wildman–Crippen MR) is 145 cm³/mol. The molecule has 196 valence electrons. The normalized spacial score (nSPS) is 22.7. The molecular weight excluding hydrogens is 494 g/mol.